The molecule has 2 aromatic heterocycles. The maximum absolute atomic E-state index is 12.6. The monoisotopic (exact) mass is 411 g/mol. The van der Waals surface area contributed by atoms with Gasteiger partial charge in [0.05, 0.1) is 21.9 Å². The molecule has 1 amide bonds. The Bertz CT molecular complexity index is 1230. The third-order valence-electron chi connectivity index (χ3n) is 4.38. The fourth-order valence-electron chi connectivity index (χ4n) is 2.87. The number of anilines is 1. The molecule has 0 aliphatic carbocycles. The number of carbonyl (C=O) groups is 1. The number of nitrogens with one attached hydrogen (secondary N) is 1. The van der Waals surface area contributed by atoms with Crippen molar-refractivity contribution in [2.45, 2.75) is 11.8 Å². The molecule has 0 atom stereocenters. The van der Waals surface area contributed by atoms with Gasteiger partial charge in [0.15, 0.2) is 14.8 Å². The second kappa shape index (κ2) is 7.21. The molecule has 2 aromatic carbocycles. The Kier molecular flexibility index (Phi) is 4.74. The summed E-state index contributed by atoms with van der Waals surface area (Å²) in [4.78, 5) is 18.2. The molecule has 142 valence electrons. The summed E-state index contributed by atoms with van der Waals surface area (Å²) >= 11 is 1.56. The molecule has 1 N–H and O–H groups in total. The minimum atomic E-state index is -3.49. The van der Waals surface area contributed by atoms with E-state index in [1.165, 1.54) is 12.1 Å². The van der Waals surface area contributed by atoms with Crippen LogP contribution < -0.4 is 5.32 Å². The molecule has 2 heterocycles. The number of hydrogen-bond acceptors (Lipinski definition) is 5. The van der Waals surface area contributed by atoms with Gasteiger partial charge in [-0.15, -0.1) is 11.3 Å². The van der Waals surface area contributed by atoms with Crippen LogP contribution in [0.1, 0.15) is 17.3 Å². The second-order valence-electron chi connectivity index (χ2n) is 6.15. The third kappa shape index (κ3) is 3.44. The number of imidazole rings is 1. The average molecular weight is 412 g/mol. The first-order valence-corrected chi connectivity index (χ1v) is 11.2. The normalized spacial score (nSPS) is 11.6. The summed E-state index contributed by atoms with van der Waals surface area (Å²) in [5.74, 6) is -0.517. The van der Waals surface area contributed by atoms with Gasteiger partial charge in [-0.3, -0.25) is 9.20 Å². The number of carbonyl (C=O) groups excluding carboxylic acids is 1. The predicted molar refractivity (Wildman–Crippen MR) is 111 cm³/mol. The molecule has 28 heavy (non-hydrogen) atoms. The third-order valence-corrected chi connectivity index (χ3v) is 6.94. The van der Waals surface area contributed by atoms with Crippen molar-refractivity contribution in [2.24, 2.45) is 0 Å². The van der Waals surface area contributed by atoms with Crippen molar-refractivity contribution in [2.75, 3.05) is 11.1 Å². The Morgan fingerprint density at radius 2 is 1.89 bits per heavy atom. The van der Waals surface area contributed by atoms with Crippen molar-refractivity contribution in [3.05, 3.63) is 71.9 Å². The Balaban J connectivity index is 1.57. The molecule has 0 spiro atoms. The molecule has 0 saturated heterocycles. The number of hydrogen-bond donors (Lipinski definition) is 1. The first kappa shape index (κ1) is 18.4. The summed E-state index contributed by atoms with van der Waals surface area (Å²) in [5, 5.41) is 4.74. The van der Waals surface area contributed by atoms with E-state index in [9.17, 15) is 13.2 Å². The van der Waals surface area contributed by atoms with E-state index < -0.39 is 15.7 Å². The van der Waals surface area contributed by atoms with Gasteiger partial charge in [0.1, 0.15) is 0 Å². The zero-order chi connectivity index (χ0) is 19.7. The quantitative estimate of drug-likeness (QED) is 0.536. The Hall–Kier alpha value is -2.97. The molecule has 4 rings (SSSR count). The van der Waals surface area contributed by atoms with E-state index in [2.05, 4.69) is 10.3 Å². The van der Waals surface area contributed by atoms with Crippen LogP contribution in [0.2, 0.25) is 0 Å². The lowest BCUT2D eigenvalue weighted by molar-refractivity contribution is 0.102. The molecule has 0 unspecified atom stereocenters. The summed E-state index contributed by atoms with van der Waals surface area (Å²) in [7, 11) is -3.49. The van der Waals surface area contributed by atoms with Crippen LogP contribution in [0.25, 0.3) is 16.2 Å². The highest BCUT2D eigenvalue weighted by atomic mass is 32.2. The van der Waals surface area contributed by atoms with Crippen molar-refractivity contribution < 1.29 is 13.2 Å². The summed E-state index contributed by atoms with van der Waals surface area (Å²) < 4.78 is 26.4. The van der Waals surface area contributed by atoms with Crippen LogP contribution >= 0.6 is 11.3 Å². The standard InChI is InChI=1S/C20H17N3O3S2/c1-2-28(25,26)18-6-4-3-5-16(18)19(24)21-15-9-7-14(8-10-15)17-13-23-11-12-27-20(23)22-17/h3-13H,2H2,1H3,(H,21,24). The van der Waals surface area contributed by atoms with Crippen LogP contribution in [0.15, 0.2) is 71.2 Å². The van der Waals surface area contributed by atoms with Gasteiger partial charge in [-0.2, -0.15) is 0 Å². The topological polar surface area (TPSA) is 80.5 Å². The summed E-state index contributed by atoms with van der Waals surface area (Å²) in [5.41, 5.74) is 2.51. The van der Waals surface area contributed by atoms with Crippen LogP contribution in [-0.2, 0) is 9.84 Å². The summed E-state index contributed by atoms with van der Waals surface area (Å²) in [6.07, 6.45) is 3.90. The highest BCUT2D eigenvalue weighted by Crippen LogP contribution is 2.24. The van der Waals surface area contributed by atoms with E-state index in [0.717, 1.165) is 16.2 Å². The molecular weight excluding hydrogens is 394 g/mol. The van der Waals surface area contributed by atoms with Crippen LogP contribution in [0.3, 0.4) is 0 Å². The van der Waals surface area contributed by atoms with Gasteiger partial charge >= 0.3 is 0 Å². The minimum absolute atomic E-state index is 0.0460. The van der Waals surface area contributed by atoms with E-state index in [4.69, 9.17) is 0 Å². The number of sulfone groups is 1. The Morgan fingerprint density at radius 1 is 1.14 bits per heavy atom. The number of aromatic nitrogens is 2. The van der Waals surface area contributed by atoms with Crippen molar-refractivity contribution >= 4 is 37.7 Å². The zero-order valence-corrected chi connectivity index (χ0v) is 16.6. The Labute approximate surface area is 166 Å². The lowest BCUT2D eigenvalue weighted by atomic mass is 10.1. The SMILES string of the molecule is CCS(=O)(=O)c1ccccc1C(=O)Nc1ccc(-c2cn3ccsc3n2)cc1. The molecule has 0 fully saturated rings. The first-order valence-electron chi connectivity index (χ1n) is 8.64. The molecule has 0 aliphatic heterocycles. The van der Waals surface area contributed by atoms with Crippen LogP contribution in [-0.4, -0.2) is 29.5 Å². The highest BCUT2D eigenvalue weighted by molar-refractivity contribution is 7.91. The fourth-order valence-corrected chi connectivity index (χ4v) is 4.66. The van der Waals surface area contributed by atoms with Crippen LogP contribution in [0.4, 0.5) is 5.69 Å². The highest BCUT2D eigenvalue weighted by Gasteiger charge is 2.20. The number of amides is 1. The first-order chi connectivity index (χ1) is 13.5. The van der Waals surface area contributed by atoms with E-state index in [1.54, 1.807) is 42.5 Å². The van der Waals surface area contributed by atoms with Gasteiger partial charge < -0.3 is 5.32 Å². The van der Waals surface area contributed by atoms with Gasteiger partial charge in [0.25, 0.3) is 5.91 Å². The number of fused-ring (bicyclic) bond motifs is 1. The van der Waals surface area contributed by atoms with Gasteiger partial charge in [0, 0.05) is 29.0 Å². The van der Waals surface area contributed by atoms with Gasteiger partial charge in [-0.25, -0.2) is 13.4 Å². The largest absolute Gasteiger partial charge is 0.322 e. The average Bonchev–Trinajstić information content (AvgIpc) is 3.31. The predicted octanol–water partition coefficient (Wildman–Crippen LogP) is 4.11. The van der Waals surface area contributed by atoms with Crippen molar-refractivity contribution in [3.63, 3.8) is 0 Å². The smallest absolute Gasteiger partial charge is 0.256 e. The lowest BCUT2D eigenvalue weighted by Gasteiger charge is -2.10. The van der Waals surface area contributed by atoms with Crippen LogP contribution in [0, 0.1) is 0 Å². The summed E-state index contributed by atoms with van der Waals surface area (Å²) in [6, 6.07) is 13.5. The maximum atomic E-state index is 12.6. The van der Waals surface area contributed by atoms with Gasteiger partial charge in [-0.1, -0.05) is 31.2 Å². The number of thiazole rings is 1. The van der Waals surface area contributed by atoms with Crippen molar-refractivity contribution in [1.82, 2.24) is 9.38 Å². The van der Waals surface area contributed by atoms with Gasteiger partial charge in [0.2, 0.25) is 0 Å². The molecule has 0 aliphatic rings. The molecule has 0 bridgehead atoms. The number of benzene rings is 2. The molecule has 0 saturated carbocycles. The van der Waals surface area contributed by atoms with E-state index in [0.29, 0.717) is 5.69 Å². The van der Waals surface area contributed by atoms with Gasteiger partial charge in [-0.05, 0) is 24.3 Å². The van der Waals surface area contributed by atoms with Crippen LogP contribution in [0.5, 0.6) is 0 Å². The van der Waals surface area contributed by atoms with E-state index >= 15 is 0 Å². The molecule has 6 nitrogen and oxygen atoms in total. The molecule has 4 aromatic rings. The summed E-state index contributed by atoms with van der Waals surface area (Å²) in [6.45, 7) is 1.56. The molecule has 8 heteroatoms. The molecule has 0 radical (unpaired) electrons. The fraction of sp³-hybridized carbons (Fsp3) is 0.100. The maximum Gasteiger partial charge on any atom is 0.256 e. The van der Waals surface area contributed by atoms with Crippen molar-refractivity contribution in [1.29, 1.82) is 0 Å². The van der Waals surface area contributed by atoms with Crippen molar-refractivity contribution in [3.8, 4) is 11.3 Å². The number of nitrogens with zero attached hydrogens (tertiary/aromatic N) is 2. The lowest BCUT2D eigenvalue weighted by Crippen LogP contribution is -2.17. The van der Waals surface area contributed by atoms with E-state index in [-0.39, 0.29) is 16.2 Å². The second-order valence-corrected chi connectivity index (χ2v) is 9.27. The van der Waals surface area contributed by atoms with E-state index in [1.807, 2.05) is 34.3 Å². The minimum Gasteiger partial charge on any atom is -0.322 e. The Morgan fingerprint density at radius 3 is 2.61 bits per heavy atom. The molecular formula is C20H17N3O3S2. The zero-order valence-electron chi connectivity index (χ0n) is 15.0. The number of rotatable bonds is 5.